The van der Waals surface area contributed by atoms with Gasteiger partial charge in [0.1, 0.15) is 0 Å². The molecule has 0 saturated heterocycles. The van der Waals surface area contributed by atoms with Gasteiger partial charge in [0.25, 0.3) is 0 Å². The van der Waals surface area contributed by atoms with E-state index in [0.29, 0.717) is 5.54 Å². The van der Waals surface area contributed by atoms with Crippen LogP contribution in [0.4, 0.5) is 13.2 Å². The lowest BCUT2D eigenvalue weighted by Gasteiger charge is -2.10. The zero-order valence-electron chi connectivity index (χ0n) is 6.78. The summed E-state index contributed by atoms with van der Waals surface area (Å²) in [6.45, 7) is 0. The number of hydrogen-bond acceptors (Lipinski definition) is 0. The molecule has 0 bridgehead atoms. The van der Waals surface area contributed by atoms with Crippen LogP contribution in [0, 0.1) is 0 Å². The molecule has 0 saturated carbocycles. The van der Waals surface area contributed by atoms with E-state index in [-0.39, 0.29) is 10.6 Å². The van der Waals surface area contributed by atoms with Crippen molar-refractivity contribution in [1.82, 2.24) is 0 Å². The predicted molar refractivity (Wildman–Crippen MR) is 51.3 cm³/mol. The van der Waals surface area contributed by atoms with Crippen LogP contribution in [0.1, 0.15) is 5.56 Å². The van der Waals surface area contributed by atoms with E-state index < -0.39 is 11.7 Å². The zero-order valence-corrected chi connectivity index (χ0v) is 8.29. The van der Waals surface area contributed by atoms with Crippen molar-refractivity contribution < 1.29 is 13.2 Å². The maximum Gasteiger partial charge on any atom is 0.417 e. The third-order valence-electron chi connectivity index (χ3n) is 1.55. The minimum absolute atomic E-state index is 0.0417. The molecule has 0 aliphatic rings. The monoisotopic (exact) mass is 240 g/mol. The van der Waals surface area contributed by atoms with Gasteiger partial charge in [0.2, 0.25) is 0 Å². The smallest absolute Gasteiger partial charge is 0.166 e. The van der Waals surface area contributed by atoms with Crippen molar-refractivity contribution in [3.05, 3.63) is 40.4 Å². The topological polar surface area (TPSA) is 0 Å². The van der Waals surface area contributed by atoms with Crippen LogP contribution < -0.4 is 0 Å². The van der Waals surface area contributed by atoms with Gasteiger partial charge in [-0.1, -0.05) is 35.3 Å². The highest BCUT2D eigenvalue weighted by atomic mass is 35.5. The van der Waals surface area contributed by atoms with Crippen LogP contribution in [-0.2, 0) is 0 Å². The summed E-state index contributed by atoms with van der Waals surface area (Å²) >= 11 is 10.7. The minimum atomic E-state index is -4.47. The first-order valence-electron chi connectivity index (χ1n) is 3.58. The Bertz CT molecular complexity index is 355. The lowest BCUT2D eigenvalue weighted by Crippen LogP contribution is -2.10. The Morgan fingerprint density at radius 1 is 1.29 bits per heavy atom. The molecular weight excluding hydrogens is 236 g/mol. The molecule has 0 radical (unpaired) electrons. The van der Waals surface area contributed by atoms with Crippen molar-refractivity contribution in [3.63, 3.8) is 0 Å². The third-order valence-corrected chi connectivity index (χ3v) is 2.00. The van der Waals surface area contributed by atoms with Gasteiger partial charge in [-0.3, -0.25) is 0 Å². The standard InChI is InChI=1S/C9H5Cl2F3/c10-5-8(9(12,13)14)6-2-1-3-7(11)4-6/h1-5H. The second kappa shape index (κ2) is 4.24. The molecule has 1 aromatic carbocycles. The van der Waals surface area contributed by atoms with Crippen molar-refractivity contribution >= 4 is 28.8 Å². The van der Waals surface area contributed by atoms with Crippen LogP contribution in [0.15, 0.2) is 29.8 Å². The van der Waals surface area contributed by atoms with Gasteiger partial charge in [-0.25, -0.2) is 0 Å². The zero-order chi connectivity index (χ0) is 10.8. The highest BCUT2D eigenvalue weighted by Crippen LogP contribution is 2.34. The van der Waals surface area contributed by atoms with E-state index in [1.54, 1.807) is 0 Å². The highest BCUT2D eigenvalue weighted by Gasteiger charge is 2.34. The minimum Gasteiger partial charge on any atom is -0.166 e. The van der Waals surface area contributed by atoms with Crippen LogP contribution in [-0.4, -0.2) is 6.18 Å². The molecule has 0 aromatic heterocycles. The molecule has 1 rings (SSSR count). The Kier molecular flexibility index (Phi) is 3.45. The van der Waals surface area contributed by atoms with Gasteiger partial charge < -0.3 is 0 Å². The number of benzene rings is 1. The summed E-state index contributed by atoms with van der Waals surface area (Å²) in [5.74, 6) is 0. The maximum atomic E-state index is 12.3. The van der Waals surface area contributed by atoms with Gasteiger partial charge in [-0.2, -0.15) is 13.2 Å². The van der Waals surface area contributed by atoms with Crippen molar-refractivity contribution in [2.75, 3.05) is 0 Å². The van der Waals surface area contributed by atoms with E-state index in [2.05, 4.69) is 0 Å². The maximum absolute atomic E-state index is 12.3. The number of halogens is 5. The summed E-state index contributed by atoms with van der Waals surface area (Å²) < 4.78 is 37.0. The van der Waals surface area contributed by atoms with Gasteiger partial charge in [-0.15, -0.1) is 0 Å². The van der Waals surface area contributed by atoms with Gasteiger partial charge in [-0.05, 0) is 17.7 Å². The normalized spacial score (nSPS) is 13.1. The van der Waals surface area contributed by atoms with E-state index in [1.165, 1.54) is 24.3 Å². The molecule has 0 unspecified atom stereocenters. The van der Waals surface area contributed by atoms with Crippen LogP contribution >= 0.6 is 23.2 Å². The summed E-state index contributed by atoms with van der Waals surface area (Å²) in [6, 6.07) is 5.44. The van der Waals surface area contributed by atoms with Crippen molar-refractivity contribution in [2.45, 2.75) is 6.18 Å². The van der Waals surface area contributed by atoms with E-state index in [1.807, 2.05) is 0 Å². The van der Waals surface area contributed by atoms with Crippen molar-refractivity contribution in [2.24, 2.45) is 0 Å². The van der Waals surface area contributed by atoms with Crippen LogP contribution in [0.3, 0.4) is 0 Å². The second-order valence-corrected chi connectivity index (χ2v) is 3.19. The average Bonchev–Trinajstić information content (AvgIpc) is 2.02. The van der Waals surface area contributed by atoms with Gasteiger partial charge in [0.15, 0.2) is 0 Å². The predicted octanol–water partition coefficient (Wildman–Crippen LogP) is 4.48. The fraction of sp³-hybridized carbons (Fsp3) is 0.111. The van der Waals surface area contributed by atoms with Crippen molar-refractivity contribution in [3.8, 4) is 0 Å². The molecule has 5 heteroatoms. The molecule has 0 aliphatic heterocycles. The Morgan fingerprint density at radius 2 is 1.93 bits per heavy atom. The largest absolute Gasteiger partial charge is 0.417 e. The first-order chi connectivity index (χ1) is 6.45. The molecule has 0 heterocycles. The molecule has 0 atom stereocenters. The van der Waals surface area contributed by atoms with Crippen LogP contribution in [0.2, 0.25) is 5.02 Å². The molecule has 0 spiro atoms. The van der Waals surface area contributed by atoms with Gasteiger partial charge in [0.05, 0.1) is 5.57 Å². The highest BCUT2D eigenvalue weighted by molar-refractivity contribution is 6.31. The quantitative estimate of drug-likeness (QED) is 0.679. The summed E-state index contributed by atoms with van der Waals surface area (Å²) in [6.07, 6.45) is -4.47. The molecule has 76 valence electrons. The molecule has 0 N–H and O–H groups in total. The van der Waals surface area contributed by atoms with Gasteiger partial charge in [0, 0.05) is 10.6 Å². The fourth-order valence-electron chi connectivity index (χ4n) is 0.945. The van der Waals surface area contributed by atoms with E-state index >= 15 is 0 Å². The summed E-state index contributed by atoms with van der Waals surface area (Å²) in [5, 5.41) is 0.239. The van der Waals surface area contributed by atoms with Gasteiger partial charge >= 0.3 is 6.18 Å². The summed E-state index contributed by atoms with van der Waals surface area (Å²) in [7, 11) is 0. The number of hydrogen-bond donors (Lipinski definition) is 0. The lowest BCUT2D eigenvalue weighted by atomic mass is 10.1. The summed E-state index contributed by atoms with van der Waals surface area (Å²) in [5.41, 5.74) is -0.437. The molecule has 0 aliphatic carbocycles. The Balaban J connectivity index is 3.16. The molecular formula is C9H5Cl2F3. The number of alkyl halides is 3. The molecule has 1 aromatic rings. The molecule has 14 heavy (non-hydrogen) atoms. The third kappa shape index (κ3) is 2.66. The van der Waals surface area contributed by atoms with E-state index in [9.17, 15) is 13.2 Å². The fourth-order valence-corrected chi connectivity index (χ4v) is 1.38. The number of rotatable bonds is 1. The Labute approximate surface area is 88.9 Å². The van der Waals surface area contributed by atoms with E-state index in [0.717, 1.165) is 0 Å². The lowest BCUT2D eigenvalue weighted by molar-refractivity contribution is -0.0687. The summed E-state index contributed by atoms with van der Waals surface area (Å²) in [4.78, 5) is 0. The Hall–Kier alpha value is -0.670. The Morgan fingerprint density at radius 3 is 2.36 bits per heavy atom. The van der Waals surface area contributed by atoms with Crippen LogP contribution in [0.5, 0.6) is 0 Å². The van der Waals surface area contributed by atoms with E-state index in [4.69, 9.17) is 23.2 Å². The first kappa shape index (κ1) is 11.4. The van der Waals surface area contributed by atoms with Crippen molar-refractivity contribution in [1.29, 1.82) is 0 Å². The number of allylic oxidation sites excluding steroid dienone is 1. The molecule has 0 fully saturated rings. The first-order valence-corrected chi connectivity index (χ1v) is 4.40. The second-order valence-electron chi connectivity index (χ2n) is 2.53. The average molecular weight is 241 g/mol. The molecule has 0 amide bonds. The SMILES string of the molecule is FC(F)(F)C(=CCl)c1cccc(Cl)c1. The van der Waals surface area contributed by atoms with Crippen LogP contribution in [0.25, 0.3) is 5.57 Å². The molecule has 0 nitrogen and oxygen atoms in total.